The average Bonchev–Trinajstić information content (AvgIpc) is 1.69. The summed E-state index contributed by atoms with van der Waals surface area (Å²) in [5.41, 5.74) is 0. The molecule has 0 aliphatic carbocycles. The van der Waals surface area contributed by atoms with Gasteiger partial charge in [0.25, 0.3) is 0 Å². The minimum Gasteiger partial charge on any atom is -0.395 e. The zero-order valence-electron chi connectivity index (χ0n) is 3.81. The Kier molecular flexibility index (Phi) is 4.30. The summed E-state index contributed by atoms with van der Waals surface area (Å²) in [7, 11) is 0. The fourth-order valence-corrected chi connectivity index (χ4v) is 0.158. The quantitative estimate of drug-likeness (QED) is 0.462. The summed E-state index contributed by atoms with van der Waals surface area (Å²) >= 11 is 0. The second kappa shape index (κ2) is 5.01. The molecule has 0 rings (SSSR count). The molecule has 0 saturated carbocycles. The maximum absolute atomic E-state index is 8.08. The van der Waals surface area contributed by atoms with Crippen LogP contribution in [0.5, 0.6) is 0 Å². The van der Waals surface area contributed by atoms with Crippen molar-refractivity contribution < 1.29 is 5.11 Å². The van der Waals surface area contributed by atoms with Crippen molar-refractivity contribution in [2.24, 2.45) is 0 Å². The van der Waals surface area contributed by atoms with Gasteiger partial charge < -0.3 is 5.11 Å². The molecule has 0 aromatic carbocycles. The molecule has 0 radical (unpaired) electrons. The lowest BCUT2D eigenvalue weighted by molar-refractivity contribution is 0.305. The van der Waals surface area contributed by atoms with E-state index in [4.69, 9.17) is 10.4 Å². The molecule has 1 N–H and O–H groups in total. The van der Waals surface area contributed by atoms with Gasteiger partial charge in [0, 0.05) is 12.3 Å². The Bertz CT molecular complexity index is 123. The van der Waals surface area contributed by atoms with Crippen LogP contribution in [0.15, 0.2) is 0 Å². The van der Waals surface area contributed by atoms with Crippen LogP contribution in [-0.4, -0.2) is 11.7 Å². The number of aliphatic hydroxyl groups is 1. The lowest BCUT2D eigenvalue weighted by Crippen LogP contribution is -1.74. The van der Waals surface area contributed by atoms with Gasteiger partial charge in [0.15, 0.2) is 6.07 Å². The van der Waals surface area contributed by atoms with E-state index in [1.54, 1.807) is 6.07 Å². The first kappa shape index (κ1) is 6.01. The molecule has 0 spiro atoms. The highest BCUT2D eigenvalue weighted by Gasteiger charge is 1.66. The standard InChI is InChI=1S/C5H5NO/c6-4-2-1-3-5-7/h7H,3,5H2. The van der Waals surface area contributed by atoms with E-state index >= 15 is 0 Å². The van der Waals surface area contributed by atoms with Crippen LogP contribution in [-0.2, 0) is 0 Å². The highest BCUT2D eigenvalue weighted by atomic mass is 16.2. The fourth-order valence-electron chi connectivity index (χ4n) is 0.158. The highest BCUT2D eigenvalue weighted by molar-refractivity contribution is 5.16. The lowest BCUT2D eigenvalue weighted by Gasteiger charge is -1.71. The monoisotopic (exact) mass is 95.0 g/mol. The first-order chi connectivity index (χ1) is 3.41. The maximum atomic E-state index is 8.08. The molecule has 2 heteroatoms. The molecule has 0 aliphatic rings. The largest absolute Gasteiger partial charge is 0.395 e. The van der Waals surface area contributed by atoms with Gasteiger partial charge in [-0.1, -0.05) is 5.92 Å². The molecular formula is C5H5NO. The molecule has 0 aromatic heterocycles. The average molecular weight is 95.1 g/mol. The third-order valence-corrected chi connectivity index (χ3v) is 0.381. The van der Waals surface area contributed by atoms with Crippen LogP contribution in [0.25, 0.3) is 0 Å². The molecule has 0 heterocycles. The van der Waals surface area contributed by atoms with Crippen LogP contribution >= 0.6 is 0 Å². The predicted molar refractivity (Wildman–Crippen MR) is 25.1 cm³/mol. The Hall–Kier alpha value is -0.990. The van der Waals surface area contributed by atoms with Crippen molar-refractivity contribution in [3.05, 3.63) is 0 Å². The molecular weight excluding hydrogens is 90.1 g/mol. The molecule has 0 aliphatic heterocycles. The smallest absolute Gasteiger partial charge is 0.152 e. The van der Waals surface area contributed by atoms with E-state index in [0.717, 1.165) is 0 Å². The predicted octanol–water partition coefficient (Wildman–Crippen LogP) is -0.104. The molecule has 2 nitrogen and oxygen atoms in total. The lowest BCUT2D eigenvalue weighted by atomic mass is 10.4. The van der Waals surface area contributed by atoms with Gasteiger partial charge in [-0.05, 0) is 0 Å². The van der Waals surface area contributed by atoms with Crippen molar-refractivity contribution in [3.63, 3.8) is 0 Å². The zero-order chi connectivity index (χ0) is 5.54. The van der Waals surface area contributed by atoms with Crippen LogP contribution in [0.1, 0.15) is 6.42 Å². The molecule has 0 saturated heterocycles. The van der Waals surface area contributed by atoms with Crippen LogP contribution < -0.4 is 0 Å². The molecule has 0 unspecified atom stereocenters. The van der Waals surface area contributed by atoms with Crippen molar-refractivity contribution in [3.8, 4) is 17.9 Å². The minimum absolute atomic E-state index is 0.0364. The van der Waals surface area contributed by atoms with Crippen molar-refractivity contribution >= 4 is 0 Å². The number of nitriles is 1. The maximum Gasteiger partial charge on any atom is 0.152 e. The first-order valence-corrected chi connectivity index (χ1v) is 1.89. The molecule has 0 atom stereocenters. The van der Waals surface area contributed by atoms with Crippen LogP contribution in [0.3, 0.4) is 0 Å². The van der Waals surface area contributed by atoms with Gasteiger partial charge in [-0.25, -0.2) is 0 Å². The number of hydrogen-bond donors (Lipinski definition) is 1. The molecule has 0 aromatic rings. The highest BCUT2D eigenvalue weighted by Crippen LogP contribution is 1.66. The van der Waals surface area contributed by atoms with Gasteiger partial charge in [-0.15, -0.1) is 0 Å². The van der Waals surface area contributed by atoms with Crippen molar-refractivity contribution in [1.29, 1.82) is 5.26 Å². The van der Waals surface area contributed by atoms with Crippen LogP contribution in [0, 0.1) is 23.2 Å². The fraction of sp³-hybridized carbons (Fsp3) is 0.400. The third kappa shape index (κ3) is 5.01. The van der Waals surface area contributed by atoms with Crippen molar-refractivity contribution in [2.45, 2.75) is 6.42 Å². The molecule has 0 fully saturated rings. The summed E-state index contributed by atoms with van der Waals surface area (Å²) in [4.78, 5) is 0. The van der Waals surface area contributed by atoms with Crippen molar-refractivity contribution in [2.75, 3.05) is 6.61 Å². The van der Waals surface area contributed by atoms with Crippen LogP contribution in [0.2, 0.25) is 0 Å². The SMILES string of the molecule is N#CC#CCCO. The number of hydrogen-bond acceptors (Lipinski definition) is 2. The summed E-state index contributed by atoms with van der Waals surface area (Å²) in [6, 6.07) is 1.63. The van der Waals surface area contributed by atoms with Crippen LogP contribution in [0.4, 0.5) is 0 Å². The van der Waals surface area contributed by atoms with Gasteiger partial charge in [0.1, 0.15) is 0 Å². The minimum atomic E-state index is 0.0364. The summed E-state index contributed by atoms with van der Waals surface area (Å²) in [6.45, 7) is 0.0364. The first-order valence-electron chi connectivity index (χ1n) is 1.89. The van der Waals surface area contributed by atoms with E-state index in [0.29, 0.717) is 6.42 Å². The second-order valence-corrected chi connectivity index (χ2v) is 0.887. The Morgan fingerprint density at radius 1 is 1.57 bits per heavy atom. The Balaban J connectivity index is 3.13. The molecule has 7 heavy (non-hydrogen) atoms. The number of rotatable bonds is 1. The number of aliphatic hydroxyl groups excluding tert-OH is 1. The van der Waals surface area contributed by atoms with Gasteiger partial charge in [0.05, 0.1) is 6.61 Å². The Morgan fingerprint density at radius 3 is 2.71 bits per heavy atom. The topological polar surface area (TPSA) is 44.0 Å². The van der Waals surface area contributed by atoms with Gasteiger partial charge in [0.2, 0.25) is 0 Å². The van der Waals surface area contributed by atoms with Gasteiger partial charge in [-0.2, -0.15) is 5.26 Å². The summed E-state index contributed by atoms with van der Waals surface area (Å²) in [5.74, 6) is 4.57. The van der Waals surface area contributed by atoms with Gasteiger partial charge in [-0.3, -0.25) is 0 Å². The van der Waals surface area contributed by atoms with E-state index in [9.17, 15) is 0 Å². The van der Waals surface area contributed by atoms with E-state index < -0.39 is 0 Å². The van der Waals surface area contributed by atoms with E-state index in [1.807, 2.05) is 0 Å². The van der Waals surface area contributed by atoms with E-state index in [1.165, 1.54) is 0 Å². The molecule has 0 bridgehead atoms. The second-order valence-electron chi connectivity index (χ2n) is 0.887. The molecule has 0 amide bonds. The Labute approximate surface area is 42.4 Å². The van der Waals surface area contributed by atoms with Gasteiger partial charge >= 0.3 is 0 Å². The zero-order valence-corrected chi connectivity index (χ0v) is 3.81. The normalized spacial score (nSPS) is 5.71. The summed E-state index contributed by atoms with van der Waals surface area (Å²) < 4.78 is 0. The van der Waals surface area contributed by atoms with Crippen molar-refractivity contribution in [1.82, 2.24) is 0 Å². The third-order valence-electron chi connectivity index (χ3n) is 0.381. The summed E-state index contributed by atoms with van der Waals surface area (Å²) in [6.07, 6.45) is 0.396. The number of nitrogens with zero attached hydrogens (tertiary/aromatic N) is 1. The van der Waals surface area contributed by atoms with E-state index in [-0.39, 0.29) is 6.61 Å². The summed E-state index contributed by atoms with van der Waals surface area (Å²) in [5, 5.41) is 15.9. The molecule has 36 valence electrons. The van der Waals surface area contributed by atoms with E-state index in [2.05, 4.69) is 11.8 Å². The Morgan fingerprint density at radius 2 is 2.29 bits per heavy atom.